The Kier molecular flexibility index (Phi) is 7.39. The average molecular weight is 425 g/mol. The Morgan fingerprint density at radius 2 is 2.09 bits per heavy atom. The predicted octanol–water partition coefficient (Wildman–Crippen LogP) is 1.78. The van der Waals surface area contributed by atoms with Gasteiger partial charge in [-0.25, -0.2) is 13.6 Å². The first-order chi connectivity index (χ1) is 10.4. The van der Waals surface area contributed by atoms with Crippen LogP contribution >= 0.6 is 22.6 Å². The highest BCUT2D eigenvalue weighted by molar-refractivity contribution is 14.1. The van der Waals surface area contributed by atoms with Gasteiger partial charge in [0, 0.05) is 16.3 Å². The Morgan fingerprint density at radius 3 is 2.68 bits per heavy atom. The van der Waals surface area contributed by atoms with E-state index in [9.17, 15) is 18.4 Å². The summed E-state index contributed by atoms with van der Waals surface area (Å²) in [5.74, 6) is -4.47. The maximum Gasteiger partial charge on any atom is 0.343 e. The van der Waals surface area contributed by atoms with E-state index in [2.05, 4.69) is 5.32 Å². The number of hydrogen-bond acceptors (Lipinski definition) is 5. The van der Waals surface area contributed by atoms with Crippen LogP contribution in [0.1, 0.15) is 17.3 Å². The topological polar surface area (TPSA) is 75.6 Å². The average Bonchev–Trinajstić information content (AvgIpc) is 2.47. The molecule has 1 aromatic rings. The minimum Gasteiger partial charge on any atom is -0.462 e. The molecule has 2 N–H and O–H groups in total. The van der Waals surface area contributed by atoms with E-state index in [0.717, 1.165) is 18.3 Å². The highest BCUT2D eigenvalue weighted by atomic mass is 127. The molecule has 0 amide bonds. The van der Waals surface area contributed by atoms with Crippen molar-refractivity contribution in [3.8, 4) is 0 Å². The molecule has 120 valence electrons. The highest BCUT2D eigenvalue weighted by Crippen LogP contribution is 2.20. The van der Waals surface area contributed by atoms with Crippen molar-refractivity contribution in [1.82, 2.24) is 5.32 Å². The zero-order chi connectivity index (χ0) is 16.7. The van der Waals surface area contributed by atoms with Gasteiger partial charge in [0.1, 0.15) is 5.57 Å². The molecule has 0 bridgehead atoms. The first-order valence-corrected chi connectivity index (χ1v) is 7.41. The number of ether oxygens (including phenoxy) is 1. The summed E-state index contributed by atoms with van der Waals surface area (Å²) in [6.07, 6.45) is 1.02. The van der Waals surface area contributed by atoms with Gasteiger partial charge in [-0.05, 0) is 41.6 Å². The molecule has 0 aliphatic carbocycles. The van der Waals surface area contributed by atoms with Crippen LogP contribution in [0.4, 0.5) is 8.78 Å². The number of Topliss-reactive ketones (excluding diaryl/α,β-unsaturated/α-hetero) is 1. The minimum atomic E-state index is -1.33. The Hall–Kier alpha value is -1.55. The number of rotatable bonds is 7. The molecule has 0 fully saturated rings. The SMILES string of the molecule is CCOC(=O)/C(=C\NCCO)C(=O)c1cc(I)cc(F)c1F. The maximum absolute atomic E-state index is 13.8. The van der Waals surface area contributed by atoms with E-state index < -0.39 is 34.5 Å². The predicted molar refractivity (Wildman–Crippen MR) is 83.2 cm³/mol. The first kappa shape index (κ1) is 18.5. The molecule has 0 radical (unpaired) electrons. The van der Waals surface area contributed by atoms with Crippen molar-refractivity contribution in [3.63, 3.8) is 0 Å². The number of nitrogens with one attached hydrogen (secondary N) is 1. The number of ketones is 1. The fourth-order valence-electron chi connectivity index (χ4n) is 1.53. The molecule has 8 heteroatoms. The minimum absolute atomic E-state index is 0.0205. The molecule has 1 rings (SSSR count). The summed E-state index contributed by atoms with van der Waals surface area (Å²) in [5, 5.41) is 11.2. The molecule has 0 saturated carbocycles. The maximum atomic E-state index is 13.8. The Labute approximate surface area is 139 Å². The Morgan fingerprint density at radius 1 is 1.41 bits per heavy atom. The third kappa shape index (κ3) is 4.73. The van der Waals surface area contributed by atoms with Crippen molar-refractivity contribution < 1.29 is 28.2 Å². The third-order valence-electron chi connectivity index (χ3n) is 2.48. The van der Waals surface area contributed by atoms with Crippen molar-refractivity contribution in [1.29, 1.82) is 0 Å². The standard InChI is InChI=1S/C14H14F2INO4/c1-2-22-14(21)10(7-18-3-4-19)13(20)9-5-8(17)6-11(15)12(9)16/h5-7,18-19H,2-4H2,1H3/b10-7-. The van der Waals surface area contributed by atoms with Gasteiger partial charge >= 0.3 is 5.97 Å². The second kappa shape index (κ2) is 8.79. The van der Waals surface area contributed by atoms with E-state index in [4.69, 9.17) is 9.84 Å². The van der Waals surface area contributed by atoms with E-state index in [-0.39, 0.29) is 19.8 Å². The summed E-state index contributed by atoms with van der Waals surface area (Å²) in [6.45, 7) is 1.42. The van der Waals surface area contributed by atoms with Crippen LogP contribution in [-0.4, -0.2) is 36.6 Å². The molecular formula is C14H14F2INO4. The summed E-state index contributed by atoms with van der Waals surface area (Å²) in [5.41, 5.74) is -1.04. The van der Waals surface area contributed by atoms with E-state index in [1.165, 1.54) is 0 Å². The fraction of sp³-hybridized carbons (Fsp3) is 0.286. The van der Waals surface area contributed by atoms with Crippen LogP contribution < -0.4 is 5.32 Å². The normalized spacial score (nSPS) is 11.2. The summed E-state index contributed by atoms with van der Waals surface area (Å²) in [7, 11) is 0. The van der Waals surface area contributed by atoms with E-state index in [0.29, 0.717) is 3.57 Å². The third-order valence-corrected chi connectivity index (χ3v) is 3.10. The lowest BCUT2D eigenvalue weighted by atomic mass is 10.0. The second-order valence-electron chi connectivity index (χ2n) is 4.03. The molecule has 5 nitrogen and oxygen atoms in total. The van der Waals surface area contributed by atoms with Crippen molar-refractivity contribution in [3.05, 3.63) is 44.7 Å². The smallest absolute Gasteiger partial charge is 0.343 e. The van der Waals surface area contributed by atoms with Crippen LogP contribution in [0, 0.1) is 15.2 Å². The lowest BCUT2D eigenvalue weighted by molar-refractivity contribution is -0.138. The second-order valence-corrected chi connectivity index (χ2v) is 5.28. The number of hydrogen-bond donors (Lipinski definition) is 2. The van der Waals surface area contributed by atoms with Crippen LogP contribution in [0.15, 0.2) is 23.9 Å². The monoisotopic (exact) mass is 425 g/mol. The molecule has 0 aliphatic heterocycles. The zero-order valence-electron chi connectivity index (χ0n) is 11.7. The molecule has 0 saturated heterocycles. The largest absolute Gasteiger partial charge is 0.462 e. The summed E-state index contributed by atoms with van der Waals surface area (Å²) in [4.78, 5) is 24.1. The molecule has 22 heavy (non-hydrogen) atoms. The molecular weight excluding hydrogens is 411 g/mol. The summed E-state index contributed by atoms with van der Waals surface area (Å²) in [6, 6.07) is 2.07. The molecule has 0 aromatic heterocycles. The highest BCUT2D eigenvalue weighted by Gasteiger charge is 2.25. The van der Waals surface area contributed by atoms with Gasteiger partial charge in [0.2, 0.25) is 5.78 Å². The first-order valence-electron chi connectivity index (χ1n) is 6.33. The number of carbonyl (C=O) groups excluding carboxylic acids is 2. The van der Waals surface area contributed by atoms with Gasteiger partial charge in [0.05, 0.1) is 18.8 Å². The van der Waals surface area contributed by atoms with Gasteiger partial charge in [-0.15, -0.1) is 0 Å². The number of halogens is 3. The fourth-order valence-corrected chi connectivity index (χ4v) is 2.12. The summed E-state index contributed by atoms with van der Waals surface area (Å²) >= 11 is 1.73. The van der Waals surface area contributed by atoms with E-state index >= 15 is 0 Å². The molecule has 0 unspecified atom stereocenters. The molecule has 1 aromatic carbocycles. The van der Waals surface area contributed by atoms with Crippen LogP contribution in [0.5, 0.6) is 0 Å². The Bertz CT molecular complexity index is 605. The number of benzene rings is 1. The summed E-state index contributed by atoms with van der Waals surface area (Å²) < 4.78 is 32.2. The van der Waals surface area contributed by atoms with Gasteiger partial charge in [-0.3, -0.25) is 4.79 Å². The molecule has 0 atom stereocenters. The van der Waals surface area contributed by atoms with Crippen molar-refractivity contribution in [2.75, 3.05) is 19.8 Å². The van der Waals surface area contributed by atoms with Gasteiger partial charge in [-0.2, -0.15) is 0 Å². The lowest BCUT2D eigenvalue weighted by Gasteiger charge is -2.09. The number of esters is 1. The van der Waals surface area contributed by atoms with Crippen LogP contribution in [0.25, 0.3) is 0 Å². The van der Waals surface area contributed by atoms with Crippen LogP contribution in [0.2, 0.25) is 0 Å². The molecule has 0 spiro atoms. The quantitative estimate of drug-likeness (QED) is 0.102. The van der Waals surface area contributed by atoms with E-state index in [1.54, 1.807) is 29.5 Å². The van der Waals surface area contributed by atoms with Crippen molar-refractivity contribution in [2.45, 2.75) is 6.92 Å². The number of aliphatic hydroxyl groups excluding tert-OH is 1. The van der Waals surface area contributed by atoms with Crippen LogP contribution in [-0.2, 0) is 9.53 Å². The molecule has 0 aliphatic rings. The van der Waals surface area contributed by atoms with Gasteiger partial charge in [-0.1, -0.05) is 0 Å². The van der Waals surface area contributed by atoms with Gasteiger partial charge in [0.15, 0.2) is 11.6 Å². The number of aliphatic hydroxyl groups is 1. The Balaban J connectivity index is 3.22. The van der Waals surface area contributed by atoms with Crippen LogP contribution in [0.3, 0.4) is 0 Å². The van der Waals surface area contributed by atoms with Crippen molar-refractivity contribution >= 4 is 34.3 Å². The number of carbonyl (C=O) groups is 2. The molecule has 0 heterocycles. The lowest BCUT2D eigenvalue weighted by Crippen LogP contribution is -2.22. The van der Waals surface area contributed by atoms with Gasteiger partial charge < -0.3 is 15.2 Å². The van der Waals surface area contributed by atoms with E-state index in [1.807, 2.05) is 0 Å². The van der Waals surface area contributed by atoms with Gasteiger partial charge in [0.25, 0.3) is 0 Å². The van der Waals surface area contributed by atoms with Crippen molar-refractivity contribution in [2.24, 2.45) is 0 Å². The zero-order valence-corrected chi connectivity index (χ0v) is 13.8.